The average Bonchev–Trinajstić information content (AvgIpc) is 2.27. The maximum Gasteiger partial charge on any atom is 0.416 e. The summed E-state index contributed by atoms with van der Waals surface area (Å²) in [5.74, 6) is 0. The van der Waals surface area contributed by atoms with Gasteiger partial charge in [0.2, 0.25) is 0 Å². The van der Waals surface area contributed by atoms with Crippen molar-refractivity contribution in [2.75, 3.05) is 0 Å². The van der Waals surface area contributed by atoms with Crippen LogP contribution in [0.3, 0.4) is 0 Å². The van der Waals surface area contributed by atoms with Crippen LogP contribution in [0.5, 0.6) is 0 Å². The molecule has 0 aromatic heterocycles. The zero-order chi connectivity index (χ0) is 13.9. The number of hydrogen-bond acceptors (Lipinski definition) is 2. The Labute approximate surface area is 121 Å². The Kier molecular flexibility index (Phi) is 7.15. The van der Waals surface area contributed by atoms with Gasteiger partial charge >= 0.3 is 6.18 Å². The zero-order valence-electron chi connectivity index (χ0n) is 10.2. The van der Waals surface area contributed by atoms with Gasteiger partial charge in [0.05, 0.1) is 17.7 Å². The number of hydrogen-bond donors (Lipinski definition) is 2. The van der Waals surface area contributed by atoms with E-state index in [0.29, 0.717) is 12.8 Å². The van der Waals surface area contributed by atoms with Gasteiger partial charge in [-0.1, -0.05) is 24.9 Å². The fraction of sp³-hybridized carbons (Fsp3) is 0.500. The fourth-order valence-corrected chi connectivity index (χ4v) is 1.90. The van der Waals surface area contributed by atoms with Crippen molar-refractivity contribution in [3.05, 3.63) is 34.3 Å². The molecule has 7 heteroatoms. The maximum atomic E-state index is 12.6. The first-order chi connectivity index (χ1) is 8.27. The van der Waals surface area contributed by atoms with Crippen molar-refractivity contribution in [2.45, 2.75) is 38.1 Å². The number of alkyl halides is 3. The molecule has 0 heterocycles. The summed E-state index contributed by atoms with van der Waals surface area (Å²) < 4.78 is 37.7. The fourth-order valence-electron chi connectivity index (χ4n) is 1.66. The molecule has 0 bridgehead atoms. The van der Waals surface area contributed by atoms with E-state index in [0.717, 1.165) is 18.2 Å². The third-order valence-corrected chi connectivity index (χ3v) is 3.03. The van der Waals surface area contributed by atoms with E-state index in [2.05, 4.69) is 0 Å². The quantitative estimate of drug-likeness (QED) is 0.883. The van der Waals surface area contributed by atoms with Crippen molar-refractivity contribution in [3.63, 3.8) is 0 Å². The lowest BCUT2D eigenvalue weighted by molar-refractivity contribution is -0.137. The SMILES string of the molecule is CCC[C@@H](O)[C@@H](N)c1cc(C(F)(F)F)ccc1Cl.Cl. The van der Waals surface area contributed by atoms with E-state index in [1.54, 1.807) is 0 Å². The average molecular weight is 318 g/mol. The number of rotatable bonds is 4. The predicted molar refractivity (Wildman–Crippen MR) is 71.5 cm³/mol. The molecule has 0 saturated heterocycles. The maximum absolute atomic E-state index is 12.6. The summed E-state index contributed by atoms with van der Waals surface area (Å²) in [6.45, 7) is 1.85. The van der Waals surface area contributed by atoms with Crippen molar-refractivity contribution in [1.29, 1.82) is 0 Å². The Morgan fingerprint density at radius 2 is 1.95 bits per heavy atom. The number of benzene rings is 1. The van der Waals surface area contributed by atoms with Crippen LogP contribution in [0.4, 0.5) is 13.2 Å². The van der Waals surface area contributed by atoms with Crippen molar-refractivity contribution in [3.8, 4) is 0 Å². The highest BCUT2D eigenvalue weighted by Gasteiger charge is 2.32. The van der Waals surface area contributed by atoms with Crippen LogP contribution in [0.25, 0.3) is 0 Å². The molecule has 1 rings (SSSR count). The summed E-state index contributed by atoms with van der Waals surface area (Å²) in [7, 11) is 0. The van der Waals surface area contributed by atoms with Gasteiger partial charge in [-0.15, -0.1) is 12.4 Å². The van der Waals surface area contributed by atoms with Gasteiger partial charge in [0.1, 0.15) is 0 Å². The van der Waals surface area contributed by atoms with Crippen molar-refractivity contribution in [1.82, 2.24) is 0 Å². The van der Waals surface area contributed by atoms with E-state index in [-0.39, 0.29) is 23.0 Å². The predicted octanol–water partition coefficient (Wildman–Crippen LogP) is 3.94. The molecule has 0 aliphatic carbocycles. The van der Waals surface area contributed by atoms with Crippen LogP contribution in [-0.2, 0) is 6.18 Å². The summed E-state index contributed by atoms with van der Waals surface area (Å²) in [4.78, 5) is 0. The Hall–Kier alpha value is -0.490. The molecule has 0 unspecified atom stereocenters. The van der Waals surface area contributed by atoms with Crippen LogP contribution in [0, 0.1) is 0 Å². The summed E-state index contributed by atoms with van der Waals surface area (Å²) >= 11 is 5.83. The normalized spacial score (nSPS) is 14.7. The van der Waals surface area contributed by atoms with E-state index in [4.69, 9.17) is 17.3 Å². The van der Waals surface area contributed by atoms with Gasteiger partial charge in [0.25, 0.3) is 0 Å². The molecule has 19 heavy (non-hydrogen) atoms. The standard InChI is InChI=1S/C12H15ClF3NO.ClH/c1-2-3-10(18)11(17)8-6-7(12(14,15)16)4-5-9(8)13;/h4-6,10-11,18H,2-3,17H2,1H3;1H/t10-,11+;/m1./s1. The molecule has 110 valence electrons. The molecule has 0 aliphatic heterocycles. The highest BCUT2D eigenvalue weighted by atomic mass is 35.5. The van der Waals surface area contributed by atoms with Gasteiger partial charge in [-0.2, -0.15) is 13.2 Å². The molecule has 3 N–H and O–H groups in total. The largest absolute Gasteiger partial charge is 0.416 e. The summed E-state index contributed by atoms with van der Waals surface area (Å²) in [6, 6.07) is 2.02. The smallest absolute Gasteiger partial charge is 0.391 e. The van der Waals surface area contributed by atoms with E-state index in [1.165, 1.54) is 0 Å². The van der Waals surface area contributed by atoms with Gasteiger partial charge in [-0.3, -0.25) is 0 Å². The highest BCUT2D eigenvalue weighted by Crippen LogP contribution is 2.34. The van der Waals surface area contributed by atoms with E-state index < -0.39 is 23.9 Å². The van der Waals surface area contributed by atoms with Crippen LogP contribution in [0.2, 0.25) is 5.02 Å². The molecule has 2 nitrogen and oxygen atoms in total. The third kappa shape index (κ3) is 4.84. The molecule has 1 aromatic rings. The molecule has 0 radical (unpaired) electrons. The van der Waals surface area contributed by atoms with Gasteiger partial charge in [0, 0.05) is 5.02 Å². The molecule has 0 saturated carbocycles. The second-order valence-electron chi connectivity index (χ2n) is 4.12. The number of nitrogens with two attached hydrogens (primary N) is 1. The van der Waals surface area contributed by atoms with Crippen LogP contribution in [0.1, 0.15) is 36.9 Å². The molecule has 0 aliphatic rings. The molecular weight excluding hydrogens is 302 g/mol. The lowest BCUT2D eigenvalue weighted by Gasteiger charge is -2.21. The third-order valence-electron chi connectivity index (χ3n) is 2.68. The Morgan fingerprint density at radius 3 is 2.42 bits per heavy atom. The lowest BCUT2D eigenvalue weighted by Crippen LogP contribution is -2.26. The van der Waals surface area contributed by atoms with Crippen LogP contribution in [-0.4, -0.2) is 11.2 Å². The van der Waals surface area contributed by atoms with E-state index in [9.17, 15) is 18.3 Å². The molecule has 2 atom stereocenters. The summed E-state index contributed by atoms with van der Waals surface area (Å²) in [5.41, 5.74) is 5.04. The summed E-state index contributed by atoms with van der Waals surface area (Å²) in [6.07, 6.45) is -4.26. The minimum atomic E-state index is -4.45. The first kappa shape index (κ1) is 18.5. The second kappa shape index (κ2) is 7.33. The first-order valence-corrected chi connectivity index (χ1v) is 5.95. The second-order valence-corrected chi connectivity index (χ2v) is 4.52. The van der Waals surface area contributed by atoms with Gasteiger partial charge in [0.15, 0.2) is 0 Å². The number of aliphatic hydroxyl groups excluding tert-OH is 1. The van der Waals surface area contributed by atoms with Crippen molar-refractivity contribution >= 4 is 24.0 Å². The summed E-state index contributed by atoms with van der Waals surface area (Å²) in [5, 5.41) is 9.85. The minimum absolute atomic E-state index is 0. The molecule has 1 aromatic carbocycles. The van der Waals surface area contributed by atoms with Crippen molar-refractivity contribution in [2.24, 2.45) is 5.73 Å². The van der Waals surface area contributed by atoms with E-state index in [1.807, 2.05) is 6.92 Å². The lowest BCUT2D eigenvalue weighted by atomic mass is 9.97. The Morgan fingerprint density at radius 1 is 1.37 bits per heavy atom. The number of halogens is 5. The Bertz CT molecular complexity index is 412. The van der Waals surface area contributed by atoms with Gasteiger partial charge < -0.3 is 10.8 Å². The minimum Gasteiger partial charge on any atom is -0.391 e. The molecular formula is C12H16Cl2F3NO. The number of aliphatic hydroxyl groups is 1. The topological polar surface area (TPSA) is 46.2 Å². The molecule has 0 amide bonds. The van der Waals surface area contributed by atoms with Gasteiger partial charge in [-0.25, -0.2) is 0 Å². The van der Waals surface area contributed by atoms with Crippen LogP contribution < -0.4 is 5.73 Å². The van der Waals surface area contributed by atoms with E-state index >= 15 is 0 Å². The van der Waals surface area contributed by atoms with Crippen molar-refractivity contribution < 1.29 is 18.3 Å². The zero-order valence-corrected chi connectivity index (χ0v) is 11.8. The van der Waals surface area contributed by atoms with Gasteiger partial charge in [-0.05, 0) is 30.2 Å². The molecule has 0 spiro atoms. The van der Waals surface area contributed by atoms with Crippen LogP contribution in [0.15, 0.2) is 18.2 Å². The monoisotopic (exact) mass is 317 g/mol. The molecule has 0 fully saturated rings. The highest BCUT2D eigenvalue weighted by molar-refractivity contribution is 6.31. The van der Waals surface area contributed by atoms with Crippen LogP contribution >= 0.6 is 24.0 Å². The first-order valence-electron chi connectivity index (χ1n) is 5.57. The Balaban J connectivity index is 0.00000324.